The molecule has 1 N–H and O–H groups in total. The molecule has 4 nitrogen and oxygen atoms in total. The highest BCUT2D eigenvalue weighted by Gasteiger charge is 2.22. The maximum atomic E-state index is 11.7. The molecule has 0 saturated carbocycles. The highest BCUT2D eigenvalue weighted by Crippen LogP contribution is 2.26. The van der Waals surface area contributed by atoms with Crippen molar-refractivity contribution in [2.75, 3.05) is 13.2 Å². The molecule has 1 aromatic heterocycles. The Balaban J connectivity index is 2.32. The fraction of sp³-hybridized carbons (Fsp3) is 0.571. The van der Waals surface area contributed by atoms with Gasteiger partial charge in [-0.3, -0.25) is 9.59 Å². The Morgan fingerprint density at radius 1 is 1.37 bits per heavy atom. The van der Waals surface area contributed by atoms with Crippen LogP contribution >= 0.6 is 11.3 Å². The van der Waals surface area contributed by atoms with E-state index in [1.54, 1.807) is 18.3 Å². The first-order valence-corrected chi connectivity index (χ1v) is 7.30. The molecule has 1 aromatic rings. The lowest BCUT2D eigenvalue weighted by molar-refractivity contribution is -0.144. The van der Waals surface area contributed by atoms with Crippen LogP contribution in [0.3, 0.4) is 0 Å². The highest BCUT2D eigenvalue weighted by atomic mass is 32.1. The fourth-order valence-electron chi connectivity index (χ4n) is 1.61. The average molecular weight is 283 g/mol. The van der Waals surface area contributed by atoms with Crippen LogP contribution in [0.1, 0.15) is 38.5 Å². The van der Waals surface area contributed by atoms with Gasteiger partial charge in [-0.05, 0) is 18.4 Å². The van der Waals surface area contributed by atoms with Crippen LogP contribution in [-0.2, 0) is 19.7 Å². The molecule has 0 atom stereocenters. The molecule has 1 rings (SSSR count). The summed E-state index contributed by atoms with van der Waals surface area (Å²) >= 11 is 1.68. The van der Waals surface area contributed by atoms with Gasteiger partial charge in [-0.2, -0.15) is 0 Å². The van der Waals surface area contributed by atoms with Crippen LogP contribution in [0.15, 0.2) is 17.5 Å². The Morgan fingerprint density at radius 3 is 2.68 bits per heavy atom. The zero-order chi connectivity index (χ0) is 14.3. The second-order valence-corrected chi connectivity index (χ2v) is 5.89. The third-order valence-electron chi connectivity index (χ3n) is 2.78. The van der Waals surface area contributed by atoms with Crippen molar-refractivity contribution in [3.63, 3.8) is 0 Å². The predicted octanol–water partition coefficient (Wildman–Crippen LogP) is 2.49. The topological polar surface area (TPSA) is 55.4 Å². The molecule has 0 spiro atoms. The maximum absolute atomic E-state index is 11.7. The smallest absolute Gasteiger partial charge is 0.306 e. The second-order valence-electron chi connectivity index (χ2n) is 4.94. The summed E-state index contributed by atoms with van der Waals surface area (Å²) in [6.07, 6.45) is 0.318. The molecular weight excluding hydrogens is 262 g/mol. The SMILES string of the molecule is CCOC(=O)CCC(=O)NCC(C)(C)c1cccs1. The molecule has 1 amide bonds. The van der Waals surface area contributed by atoms with E-state index < -0.39 is 0 Å². The lowest BCUT2D eigenvalue weighted by atomic mass is 9.91. The largest absolute Gasteiger partial charge is 0.466 e. The Bertz CT molecular complexity index is 412. The number of rotatable bonds is 7. The lowest BCUT2D eigenvalue weighted by Crippen LogP contribution is -2.36. The molecule has 1 heterocycles. The number of thiophene rings is 1. The van der Waals surface area contributed by atoms with Gasteiger partial charge in [0, 0.05) is 23.3 Å². The summed E-state index contributed by atoms with van der Waals surface area (Å²) in [7, 11) is 0. The van der Waals surface area contributed by atoms with Gasteiger partial charge < -0.3 is 10.1 Å². The van der Waals surface area contributed by atoms with Crippen molar-refractivity contribution in [1.29, 1.82) is 0 Å². The van der Waals surface area contributed by atoms with E-state index >= 15 is 0 Å². The molecular formula is C14H21NO3S. The van der Waals surface area contributed by atoms with Crippen molar-refractivity contribution in [2.45, 2.75) is 39.0 Å². The number of amides is 1. The first-order valence-electron chi connectivity index (χ1n) is 6.42. The third kappa shape index (κ3) is 5.42. The van der Waals surface area contributed by atoms with E-state index in [9.17, 15) is 9.59 Å². The number of hydrogen-bond acceptors (Lipinski definition) is 4. The summed E-state index contributed by atoms with van der Waals surface area (Å²) in [6, 6.07) is 4.07. The molecule has 0 saturated heterocycles. The molecule has 0 aliphatic heterocycles. The van der Waals surface area contributed by atoms with Crippen molar-refractivity contribution in [3.05, 3.63) is 22.4 Å². The van der Waals surface area contributed by atoms with Gasteiger partial charge in [-0.1, -0.05) is 19.9 Å². The van der Waals surface area contributed by atoms with Crippen molar-refractivity contribution in [1.82, 2.24) is 5.32 Å². The minimum absolute atomic E-state index is 0.0895. The first kappa shape index (κ1) is 15.7. The van der Waals surface area contributed by atoms with E-state index in [4.69, 9.17) is 4.74 Å². The van der Waals surface area contributed by atoms with Gasteiger partial charge in [0.25, 0.3) is 0 Å². The van der Waals surface area contributed by atoms with Gasteiger partial charge in [0.15, 0.2) is 0 Å². The van der Waals surface area contributed by atoms with E-state index in [2.05, 4.69) is 25.2 Å². The third-order valence-corrected chi connectivity index (χ3v) is 4.01. The molecule has 0 bridgehead atoms. The Kier molecular flexibility index (Phi) is 6.02. The van der Waals surface area contributed by atoms with Crippen LogP contribution < -0.4 is 5.32 Å². The zero-order valence-electron chi connectivity index (χ0n) is 11.7. The van der Waals surface area contributed by atoms with E-state index in [0.29, 0.717) is 13.2 Å². The van der Waals surface area contributed by atoms with Gasteiger partial charge in [0.1, 0.15) is 0 Å². The quantitative estimate of drug-likeness (QED) is 0.782. The molecule has 0 radical (unpaired) electrons. The van der Waals surface area contributed by atoms with Crippen LogP contribution in [0, 0.1) is 0 Å². The van der Waals surface area contributed by atoms with Gasteiger partial charge >= 0.3 is 5.97 Å². The summed E-state index contributed by atoms with van der Waals surface area (Å²) in [5, 5.41) is 4.90. The summed E-state index contributed by atoms with van der Waals surface area (Å²) in [5.41, 5.74) is -0.0895. The van der Waals surface area contributed by atoms with Crippen molar-refractivity contribution < 1.29 is 14.3 Å². The maximum Gasteiger partial charge on any atom is 0.306 e. The summed E-state index contributed by atoms with van der Waals surface area (Å²) in [6.45, 7) is 6.84. The number of carbonyl (C=O) groups is 2. The molecule has 0 aliphatic rings. The van der Waals surface area contributed by atoms with E-state index in [-0.39, 0.29) is 30.1 Å². The standard InChI is InChI=1S/C14H21NO3S/c1-4-18-13(17)8-7-12(16)15-10-14(2,3)11-6-5-9-19-11/h5-6,9H,4,7-8,10H2,1-3H3,(H,15,16). The van der Waals surface area contributed by atoms with Crippen molar-refractivity contribution >= 4 is 23.2 Å². The van der Waals surface area contributed by atoms with Crippen LogP contribution in [0.25, 0.3) is 0 Å². The number of ether oxygens (including phenoxy) is 1. The molecule has 106 valence electrons. The Hall–Kier alpha value is -1.36. The highest BCUT2D eigenvalue weighted by molar-refractivity contribution is 7.10. The van der Waals surface area contributed by atoms with Crippen LogP contribution in [0.2, 0.25) is 0 Å². The van der Waals surface area contributed by atoms with Gasteiger partial charge in [0.2, 0.25) is 5.91 Å². The minimum atomic E-state index is -0.324. The number of esters is 1. The van der Waals surface area contributed by atoms with E-state index in [0.717, 1.165) is 0 Å². The summed E-state index contributed by atoms with van der Waals surface area (Å²) < 4.78 is 4.78. The molecule has 0 aliphatic carbocycles. The lowest BCUT2D eigenvalue weighted by Gasteiger charge is -2.23. The monoisotopic (exact) mass is 283 g/mol. The second kappa shape index (κ2) is 7.28. The number of hydrogen-bond donors (Lipinski definition) is 1. The first-order chi connectivity index (χ1) is 8.95. The van der Waals surface area contributed by atoms with Crippen molar-refractivity contribution in [3.8, 4) is 0 Å². The van der Waals surface area contributed by atoms with Crippen molar-refractivity contribution in [2.24, 2.45) is 0 Å². The fourth-order valence-corrected chi connectivity index (χ4v) is 2.46. The zero-order valence-corrected chi connectivity index (χ0v) is 12.5. The number of nitrogens with one attached hydrogen (secondary N) is 1. The average Bonchev–Trinajstić information content (AvgIpc) is 2.89. The van der Waals surface area contributed by atoms with Gasteiger partial charge in [-0.25, -0.2) is 0 Å². The van der Waals surface area contributed by atoms with Crippen LogP contribution in [0.4, 0.5) is 0 Å². The summed E-state index contributed by atoms with van der Waals surface area (Å²) in [4.78, 5) is 24.0. The molecule has 0 unspecified atom stereocenters. The van der Waals surface area contributed by atoms with E-state index in [1.165, 1.54) is 4.88 Å². The van der Waals surface area contributed by atoms with Crippen LogP contribution in [-0.4, -0.2) is 25.0 Å². The molecule has 19 heavy (non-hydrogen) atoms. The van der Waals surface area contributed by atoms with Gasteiger partial charge in [0.05, 0.1) is 13.0 Å². The predicted molar refractivity (Wildman–Crippen MR) is 76.2 cm³/mol. The molecule has 5 heteroatoms. The molecule has 0 fully saturated rings. The normalized spacial score (nSPS) is 11.1. The molecule has 0 aromatic carbocycles. The van der Waals surface area contributed by atoms with Crippen LogP contribution in [0.5, 0.6) is 0 Å². The van der Waals surface area contributed by atoms with Gasteiger partial charge in [-0.15, -0.1) is 11.3 Å². The number of carbonyl (C=O) groups excluding carboxylic acids is 2. The van der Waals surface area contributed by atoms with E-state index in [1.807, 2.05) is 11.4 Å². The minimum Gasteiger partial charge on any atom is -0.466 e. The Labute approximate surface area is 118 Å². The Morgan fingerprint density at radius 2 is 2.11 bits per heavy atom. The summed E-state index contributed by atoms with van der Waals surface area (Å²) in [5.74, 6) is -0.437.